The van der Waals surface area contributed by atoms with Gasteiger partial charge >= 0.3 is 0 Å². The van der Waals surface area contributed by atoms with Crippen LogP contribution in [0.2, 0.25) is 0 Å². The Bertz CT molecular complexity index is 780. The first-order valence-electron chi connectivity index (χ1n) is 12.7. The Morgan fingerprint density at radius 2 is 1.91 bits per heavy atom. The highest BCUT2D eigenvalue weighted by molar-refractivity contribution is 5.95. The van der Waals surface area contributed by atoms with Gasteiger partial charge < -0.3 is 10.2 Å². The van der Waals surface area contributed by atoms with E-state index < -0.39 is 5.41 Å². The second-order valence-electron chi connectivity index (χ2n) is 11.7. The lowest BCUT2D eigenvalue weighted by Gasteiger charge is -2.48. The van der Waals surface area contributed by atoms with Gasteiger partial charge in [0.05, 0.1) is 6.10 Å². The molecule has 0 saturated heterocycles. The van der Waals surface area contributed by atoms with Crippen LogP contribution in [0, 0.1) is 40.4 Å². The van der Waals surface area contributed by atoms with Gasteiger partial charge in [0.15, 0.2) is 5.78 Å². The maximum Gasteiger partial charge on any atom is 0.158 e. The van der Waals surface area contributed by atoms with Crippen molar-refractivity contribution < 1.29 is 19.8 Å². The first-order valence-corrected chi connectivity index (χ1v) is 12.7. The highest BCUT2D eigenvalue weighted by Crippen LogP contribution is 2.59. The number of Topliss-reactive ketones (excluding diaryl/α,β-unsaturated/α-hetero) is 2. The lowest BCUT2D eigenvalue weighted by molar-refractivity contribution is -0.137. The number of ketones is 2. The fourth-order valence-electron chi connectivity index (χ4n) is 7.31. The van der Waals surface area contributed by atoms with Gasteiger partial charge in [0.2, 0.25) is 0 Å². The molecular weight excluding hydrogens is 400 g/mol. The molecule has 4 nitrogen and oxygen atoms in total. The van der Waals surface area contributed by atoms with Crippen LogP contribution in [-0.2, 0) is 9.59 Å². The van der Waals surface area contributed by atoms with Crippen molar-refractivity contribution in [3.8, 4) is 0 Å². The van der Waals surface area contributed by atoms with Gasteiger partial charge in [-0.15, -0.1) is 0 Å². The van der Waals surface area contributed by atoms with Crippen molar-refractivity contribution in [2.75, 3.05) is 6.61 Å². The van der Waals surface area contributed by atoms with E-state index in [0.717, 1.165) is 31.3 Å². The van der Waals surface area contributed by atoms with Crippen LogP contribution in [0.5, 0.6) is 0 Å². The smallest absolute Gasteiger partial charge is 0.158 e. The summed E-state index contributed by atoms with van der Waals surface area (Å²) in [5, 5.41) is 20.1. The quantitative estimate of drug-likeness (QED) is 0.395. The summed E-state index contributed by atoms with van der Waals surface area (Å²) >= 11 is 0. The Morgan fingerprint density at radius 1 is 1.22 bits per heavy atom. The van der Waals surface area contributed by atoms with E-state index in [0.29, 0.717) is 43.0 Å². The highest BCUT2D eigenvalue weighted by atomic mass is 16.3. The Labute approximate surface area is 194 Å². The Morgan fingerprint density at radius 3 is 2.53 bits per heavy atom. The Hall–Kier alpha value is -1.26. The van der Waals surface area contributed by atoms with Gasteiger partial charge in [-0.2, -0.15) is 0 Å². The van der Waals surface area contributed by atoms with E-state index in [2.05, 4.69) is 33.4 Å². The fourth-order valence-corrected chi connectivity index (χ4v) is 7.31. The summed E-state index contributed by atoms with van der Waals surface area (Å²) in [5.41, 5.74) is 1.21. The zero-order valence-electron chi connectivity index (χ0n) is 20.8. The first kappa shape index (κ1) is 25.4. The summed E-state index contributed by atoms with van der Waals surface area (Å²) in [7, 11) is 0. The molecule has 0 unspecified atom stereocenters. The normalized spacial score (nSPS) is 38.4. The second kappa shape index (κ2) is 9.54. The van der Waals surface area contributed by atoms with Gasteiger partial charge in [-0.05, 0) is 86.5 Å². The first-order chi connectivity index (χ1) is 15.0. The zero-order valence-corrected chi connectivity index (χ0v) is 20.8. The number of hydrogen-bond donors (Lipinski definition) is 2. The van der Waals surface area contributed by atoms with E-state index in [-0.39, 0.29) is 47.6 Å². The van der Waals surface area contributed by atoms with Crippen LogP contribution in [0.1, 0.15) is 86.0 Å². The number of aliphatic hydroxyl groups is 2. The van der Waals surface area contributed by atoms with Gasteiger partial charge in [-0.25, -0.2) is 0 Å². The molecule has 2 N–H and O–H groups in total. The molecule has 3 rings (SSSR count). The lowest BCUT2D eigenvalue weighted by Crippen LogP contribution is -2.47. The molecule has 3 aliphatic rings. The molecule has 0 aromatic rings. The third kappa shape index (κ3) is 4.42. The summed E-state index contributed by atoms with van der Waals surface area (Å²) in [5.74, 6) is 1.34. The van der Waals surface area contributed by atoms with Gasteiger partial charge in [0, 0.05) is 24.4 Å². The minimum absolute atomic E-state index is 0.0333. The molecule has 0 spiro atoms. The predicted molar refractivity (Wildman–Crippen MR) is 128 cm³/mol. The van der Waals surface area contributed by atoms with Crippen LogP contribution >= 0.6 is 0 Å². The Kier molecular flexibility index (Phi) is 7.56. The molecule has 3 aliphatic carbocycles. The summed E-state index contributed by atoms with van der Waals surface area (Å²) < 4.78 is 0. The third-order valence-corrected chi connectivity index (χ3v) is 9.51. The summed E-state index contributed by atoms with van der Waals surface area (Å²) in [6.45, 7) is 14.6. The van der Waals surface area contributed by atoms with Crippen LogP contribution < -0.4 is 0 Å². The largest absolute Gasteiger partial charge is 0.396 e. The summed E-state index contributed by atoms with van der Waals surface area (Å²) in [6, 6.07) is 0. The average molecular weight is 445 g/mol. The molecule has 0 bridgehead atoms. The van der Waals surface area contributed by atoms with Crippen molar-refractivity contribution >= 4 is 11.6 Å². The minimum atomic E-state index is -0.447. The maximum absolute atomic E-state index is 13.8. The molecule has 0 radical (unpaired) electrons. The van der Waals surface area contributed by atoms with Gasteiger partial charge in [-0.1, -0.05) is 45.9 Å². The summed E-state index contributed by atoms with van der Waals surface area (Å²) in [4.78, 5) is 26.6. The number of hydrogen-bond acceptors (Lipinski definition) is 4. The molecule has 0 aliphatic heterocycles. The van der Waals surface area contributed by atoms with Crippen LogP contribution in [0.25, 0.3) is 0 Å². The molecule has 7 atom stereocenters. The molecule has 0 amide bonds. The van der Waals surface area contributed by atoms with E-state index in [4.69, 9.17) is 0 Å². The molecule has 0 aromatic heterocycles. The topological polar surface area (TPSA) is 74.6 Å². The van der Waals surface area contributed by atoms with Crippen LogP contribution in [0.4, 0.5) is 0 Å². The van der Waals surface area contributed by atoms with Gasteiger partial charge in [-0.3, -0.25) is 9.59 Å². The van der Waals surface area contributed by atoms with Crippen molar-refractivity contribution in [3.63, 3.8) is 0 Å². The van der Waals surface area contributed by atoms with Crippen molar-refractivity contribution in [2.45, 2.75) is 92.1 Å². The molecule has 4 heteroatoms. The minimum Gasteiger partial charge on any atom is -0.396 e. The fraction of sp³-hybridized carbons (Fsp3) is 0.786. The number of carbonyl (C=O) groups excluding carboxylic acids is 2. The van der Waals surface area contributed by atoms with Crippen molar-refractivity contribution in [1.82, 2.24) is 0 Å². The van der Waals surface area contributed by atoms with Gasteiger partial charge in [0.25, 0.3) is 0 Å². The maximum atomic E-state index is 13.8. The number of carbonyl (C=O) groups is 2. The van der Waals surface area contributed by atoms with E-state index in [9.17, 15) is 19.8 Å². The van der Waals surface area contributed by atoms with Crippen LogP contribution in [-0.4, -0.2) is 34.5 Å². The van der Waals surface area contributed by atoms with E-state index in [1.54, 1.807) is 0 Å². The van der Waals surface area contributed by atoms with E-state index in [1.165, 1.54) is 0 Å². The van der Waals surface area contributed by atoms with Gasteiger partial charge in [0.1, 0.15) is 5.78 Å². The SMILES string of the molecule is C=C(C(=O)C[C@@H](C)[C@H]1CC[C@@H]([C@@H]2CC=C3C[C@@H](O)CC[C@]3(C)C2=O)[C@]1(C)CCO)C(C)C. The molecular formula is C28H44O4. The number of rotatable bonds is 8. The second-order valence-corrected chi connectivity index (χ2v) is 11.7. The highest BCUT2D eigenvalue weighted by Gasteiger charge is 2.55. The zero-order chi connectivity index (χ0) is 23.8. The van der Waals surface area contributed by atoms with Crippen LogP contribution in [0.3, 0.4) is 0 Å². The number of allylic oxidation sites excluding steroid dienone is 2. The Balaban J connectivity index is 1.83. The van der Waals surface area contributed by atoms with Crippen molar-refractivity contribution in [1.29, 1.82) is 0 Å². The van der Waals surface area contributed by atoms with Crippen molar-refractivity contribution in [2.24, 2.45) is 40.4 Å². The molecule has 0 heterocycles. The van der Waals surface area contributed by atoms with E-state index in [1.807, 2.05) is 13.8 Å². The standard InChI is InChI=1S/C28H44O4/c1-17(2)19(4)25(31)15-18(3)23-9-10-24(28(23,6)13-14-29)22-8-7-20-16-21(30)11-12-27(20,5)26(22)32/h7,17-18,21-24,29-30H,4,8-16H2,1-3,5-6H3/t18-,21+,22+,23-,24+,27+,28-/m1/s1. The summed E-state index contributed by atoms with van der Waals surface area (Å²) in [6.07, 6.45) is 7.82. The molecule has 2 fully saturated rings. The average Bonchev–Trinajstić information content (AvgIpc) is 3.06. The van der Waals surface area contributed by atoms with Crippen molar-refractivity contribution in [3.05, 3.63) is 23.8 Å². The van der Waals surface area contributed by atoms with E-state index >= 15 is 0 Å². The third-order valence-electron chi connectivity index (χ3n) is 9.51. The predicted octanol–water partition coefficient (Wildman–Crippen LogP) is 5.28. The molecule has 2 saturated carbocycles. The lowest BCUT2D eigenvalue weighted by atomic mass is 9.56. The monoisotopic (exact) mass is 444 g/mol. The number of fused-ring (bicyclic) bond motifs is 1. The molecule has 0 aromatic carbocycles. The molecule has 180 valence electrons. The van der Waals surface area contributed by atoms with Crippen LogP contribution in [0.15, 0.2) is 23.8 Å². The number of aliphatic hydroxyl groups excluding tert-OH is 2. The molecule has 32 heavy (non-hydrogen) atoms.